The van der Waals surface area contributed by atoms with Crippen molar-refractivity contribution in [3.05, 3.63) is 12.0 Å². The molecule has 2 nitrogen and oxygen atoms in total. The highest BCUT2D eigenvalue weighted by Crippen LogP contribution is 1.87. The lowest BCUT2D eigenvalue weighted by Crippen LogP contribution is -1.66. The molecule has 0 aromatic rings. The summed E-state index contributed by atoms with van der Waals surface area (Å²) < 4.78 is 0. The van der Waals surface area contributed by atoms with Crippen molar-refractivity contribution in [1.82, 2.24) is 0 Å². The predicted octanol–water partition coefficient (Wildman–Crippen LogP) is 1.50. The zero-order chi connectivity index (χ0) is 5.70. The van der Waals surface area contributed by atoms with Crippen LogP contribution in [0.2, 0.25) is 0 Å². The molecule has 40 valence electrons. The highest BCUT2D eigenvalue weighted by atomic mass is 16.2. The van der Waals surface area contributed by atoms with Gasteiger partial charge in [0.05, 0.1) is 5.70 Å². The number of hydrogen-bond donors (Lipinski definition) is 1. The second kappa shape index (κ2) is 3.40. The van der Waals surface area contributed by atoms with Crippen LogP contribution in [0.15, 0.2) is 17.0 Å². The Kier molecular flexibility index (Phi) is 3.02. The van der Waals surface area contributed by atoms with Gasteiger partial charge in [0.2, 0.25) is 0 Å². The van der Waals surface area contributed by atoms with E-state index in [1.807, 2.05) is 0 Å². The minimum atomic E-state index is 0.627. The van der Waals surface area contributed by atoms with Crippen LogP contribution in [0.3, 0.4) is 0 Å². The molecule has 7 heavy (non-hydrogen) atoms. The molecule has 0 amide bonds. The van der Waals surface area contributed by atoms with Gasteiger partial charge in [-0.25, -0.2) is 0 Å². The van der Waals surface area contributed by atoms with Crippen LogP contribution in [-0.4, -0.2) is 11.3 Å². The normalized spacial score (nSPS) is 13.1. The van der Waals surface area contributed by atoms with E-state index < -0.39 is 0 Å². The molecule has 1 N–H and O–H groups in total. The van der Waals surface area contributed by atoms with Crippen molar-refractivity contribution >= 4 is 6.21 Å². The van der Waals surface area contributed by atoms with E-state index in [1.54, 1.807) is 20.1 Å². The highest BCUT2D eigenvalue weighted by molar-refractivity contribution is 5.54. The fourth-order valence-electron chi connectivity index (χ4n) is 0.237. The van der Waals surface area contributed by atoms with Gasteiger partial charge in [-0.15, -0.1) is 0 Å². The topological polar surface area (TPSA) is 32.6 Å². The molecule has 0 bridgehead atoms. The zero-order valence-corrected chi connectivity index (χ0v) is 4.55. The second-order valence-corrected chi connectivity index (χ2v) is 1.16. The van der Waals surface area contributed by atoms with Gasteiger partial charge in [0, 0.05) is 6.21 Å². The van der Waals surface area contributed by atoms with Crippen LogP contribution >= 0.6 is 0 Å². The Hall–Kier alpha value is -0.790. The van der Waals surface area contributed by atoms with Crippen molar-refractivity contribution in [2.24, 2.45) is 4.99 Å². The van der Waals surface area contributed by atoms with Gasteiger partial charge in [0.15, 0.2) is 0 Å². The van der Waals surface area contributed by atoms with E-state index in [9.17, 15) is 0 Å². The Morgan fingerprint density at radius 3 is 2.43 bits per heavy atom. The first-order chi connectivity index (χ1) is 3.31. The molecule has 0 rings (SSSR count). The minimum Gasteiger partial charge on any atom is -0.514 e. The van der Waals surface area contributed by atoms with E-state index in [2.05, 4.69) is 4.99 Å². The lowest BCUT2D eigenvalue weighted by atomic mass is 10.6. The molecule has 0 radical (unpaired) electrons. The molecule has 0 atom stereocenters. The molecular weight excluding hydrogens is 90.1 g/mol. The SMILES string of the molecule is CC=N/C(C)=C\O. The Morgan fingerprint density at radius 2 is 2.29 bits per heavy atom. The maximum atomic E-state index is 8.19. The monoisotopic (exact) mass is 99.1 g/mol. The molecule has 0 spiro atoms. The molecule has 0 heterocycles. The Labute approximate surface area is 43.2 Å². The number of aliphatic hydroxyl groups excluding tert-OH is 1. The molecule has 0 aromatic heterocycles. The maximum Gasteiger partial charge on any atom is 0.100 e. The van der Waals surface area contributed by atoms with Gasteiger partial charge in [0.25, 0.3) is 0 Å². The van der Waals surface area contributed by atoms with Gasteiger partial charge in [0.1, 0.15) is 6.26 Å². The van der Waals surface area contributed by atoms with Crippen molar-refractivity contribution in [2.75, 3.05) is 0 Å². The van der Waals surface area contributed by atoms with E-state index in [1.165, 1.54) is 0 Å². The zero-order valence-electron chi connectivity index (χ0n) is 4.55. The molecule has 0 aliphatic carbocycles. The van der Waals surface area contributed by atoms with Crippen LogP contribution in [-0.2, 0) is 0 Å². The van der Waals surface area contributed by atoms with Gasteiger partial charge in [-0.1, -0.05) is 0 Å². The van der Waals surface area contributed by atoms with Crippen LogP contribution < -0.4 is 0 Å². The minimum absolute atomic E-state index is 0.627. The fourth-order valence-corrected chi connectivity index (χ4v) is 0.237. The molecule has 0 aromatic carbocycles. The van der Waals surface area contributed by atoms with Crippen molar-refractivity contribution in [3.63, 3.8) is 0 Å². The van der Waals surface area contributed by atoms with Crippen LogP contribution in [0.1, 0.15) is 13.8 Å². The van der Waals surface area contributed by atoms with E-state index >= 15 is 0 Å². The molecule has 0 aliphatic heterocycles. The number of hydrogen-bond acceptors (Lipinski definition) is 2. The van der Waals surface area contributed by atoms with Crippen molar-refractivity contribution in [1.29, 1.82) is 0 Å². The molecular formula is C5H9NO. The first-order valence-corrected chi connectivity index (χ1v) is 2.11. The largest absolute Gasteiger partial charge is 0.514 e. The smallest absolute Gasteiger partial charge is 0.100 e. The van der Waals surface area contributed by atoms with E-state index in [4.69, 9.17) is 5.11 Å². The predicted molar refractivity (Wildman–Crippen MR) is 30.6 cm³/mol. The number of aliphatic hydroxyl groups is 1. The summed E-state index contributed by atoms with van der Waals surface area (Å²) >= 11 is 0. The average Bonchev–Trinajstić information content (AvgIpc) is 1.68. The van der Waals surface area contributed by atoms with Gasteiger partial charge in [-0.2, -0.15) is 0 Å². The van der Waals surface area contributed by atoms with Gasteiger partial charge >= 0.3 is 0 Å². The third-order valence-corrected chi connectivity index (χ3v) is 0.520. The lowest BCUT2D eigenvalue weighted by molar-refractivity contribution is 0.466. The number of aliphatic imine (C=N–C) groups is 1. The molecule has 0 aliphatic rings. The number of allylic oxidation sites excluding steroid dienone is 1. The fraction of sp³-hybridized carbons (Fsp3) is 0.400. The molecule has 0 unspecified atom stereocenters. The van der Waals surface area contributed by atoms with Gasteiger partial charge < -0.3 is 5.11 Å². The van der Waals surface area contributed by atoms with Crippen molar-refractivity contribution < 1.29 is 5.11 Å². The first kappa shape index (κ1) is 6.21. The van der Waals surface area contributed by atoms with Crippen LogP contribution in [0.4, 0.5) is 0 Å². The van der Waals surface area contributed by atoms with Gasteiger partial charge in [-0.05, 0) is 13.8 Å². The molecule has 0 fully saturated rings. The molecule has 0 saturated heterocycles. The highest BCUT2D eigenvalue weighted by Gasteiger charge is 1.72. The van der Waals surface area contributed by atoms with Crippen molar-refractivity contribution in [2.45, 2.75) is 13.8 Å². The summed E-state index contributed by atoms with van der Waals surface area (Å²) in [6.45, 7) is 3.52. The summed E-state index contributed by atoms with van der Waals surface area (Å²) in [5.74, 6) is 0. The summed E-state index contributed by atoms with van der Waals surface area (Å²) in [5.41, 5.74) is 0.627. The van der Waals surface area contributed by atoms with Crippen LogP contribution in [0.25, 0.3) is 0 Å². The molecule has 2 heteroatoms. The standard InChI is InChI=1S/C5H9NO/c1-3-6-5(2)4-7/h3-4,7H,1-2H3/b5-4-,6-3?. The summed E-state index contributed by atoms with van der Waals surface area (Å²) in [6, 6.07) is 0. The Balaban J connectivity index is 3.58. The second-order valence-electron chi connectivity index (χ2n) is 1.16. The first-order valence-electron chi connectivity index (χ1n) is 2.11. The summed E-state index contributed by atoms with van der Waals surface area (Å²) in [7, 11) is 0. The quantitative estimate of drug-likeness (QED) is 0.392. The Morgan fingerprint density at radius 1 is 1.71 bits per heavy atom. The number of nitrogens with zero attached hydrogens (tertiary/aromatic N) is 1. The van der Waals surface area contributed by atoms with Gasteiger partial charge in [-0.3, -0.25) is 4.99 Å². The van der Waals surface area contributed by atoms with Crippen LogP contribution in [0, 0.1) is 0 Å². The number of rotatable bonds is 1. The van der Waals surface area contributed by atoms with E-state index in [-0.39, 0.29) is 0 Å². The third-order valence-electron chi connectivity index (χ3n) is 0.520. The third kappa shape index (κ3) is 3.03. The van der Waals surface area contributed by atoms with Crippen molar-refractivity contribution in [3.8, 4) is 0 Å². The Bertz CT molecular complexity index is 94.3. The lowest BCUT2D eigenvalue weighted by Gasteiger charge is -1.81. The van der Waals surface area contributed by atoms with E-state index in [0.29, 0.717) is 5.70 Å². The van der Waals surface area contributed by atoms with E-state index in [0.717, 1.165) is 6.26 Å². The van der Waals surface area contributed by atoms with Crippen LogP contribution in [0.5, 0.6) is 0 Å². The summed E-state index contributed by atoms with van der Waals surface area (Å²) in [5, 5.41) is 8.19. The average molecular weight is 99.1 g/mol. The molecule has 0 saturated carbocycles. The maximum absolute atomic E-state index is 8.19. The summed E-state index contributed by atoms with van der Waals surface area (Å²) in [4.78, 5) is 3.73. The summed E-state index contributed by atoms with van der Waals surface area (Å²) in [6.07, 6.45) is 2.60.